The maximum Gasteiger partial charge on any atom is 0.319 e. The number of urea groups is 1. The van der Waals surface area contributed by atoms with Crippen LogP contribution in [0.15, 0.2) is 12.1 Å². The Kier molecular flexibility index (Phi) is 7.13. The smallest absolute Gasteiger partial charge is 0.319 e. The van der Waals surface area contributed by atoms with E-state index in [1.165, 1.54) is 31.1 Å². The first-order chi connectivity index (χ1) is 18.2. The first-order valence-corrected chi connectivity index (χ1v) is 12.6. The van der Waals surface area contributed by atoms with E-state index in [9.17, 15) is 44.1 Å². The summed E-state index contributed by atoms with van der Waals surface area (Å²) < 4.78 is 0. The molecule has 3 amide bonds. The van der Waals surface area contributed by atoms with Crippen LogP contribution in [0.25, 0.3) is 0 Å². The van der Waals surface area contributed by atoms with Gasteiger partial charge in [0.2, 0.25) is 5.91 Å². The van der Waals surface area contributed by atoms with E-state index in [2.05, 4.69) is 10.6 Å². The second-order valence-corrected chi connectivity index (χ2v) is 10.7. The molecule has 1 aromatic carbocycles. The number of aromatic hydroxyl groups is 1. The lowest BCUT2D eigenvalue weighted by atomic mass is 9.49. The third-order valence-electron chi connectivity index (χ3n) is 8.27. The number of anilines is 1. The molecule has 2 saturated carbocycles. The Morgan fingerprint density at radius 2 is 1.77 bits per heavy atom. The molecule has 1 aromatic rings. The number of nitrogens with two attached hydrogens (primary N) is 1. The van der Waals surface area contributed by atoms with Crippen LogP contribution in [-0.4, -0.2) is 93.7 Å². The molecule has 4 rings (SSSR count). The highest BCUT2D eigenvalue weighted by Crippen LogP contribution is 2.55. The summed E-state index contributed by atoms with van der Waals surface area (Å²) in [4.78, 5) is 79.8. The van der Waals surface area contributed by atoms with Crippen LogP contribution in [0.2, 0.25) is 0 Å². The monoisotopic (exact) mass is 544 g/mol. The van der Waals surface area contributed by atoms with Crippen LogP contribution in [0.4, 0.5) is 10.5 Å². The molecule has 2 fully saturated rings. The lowest BCUT2D eigenvalue weighted by Crippen LogP contribution is -2.77. The summed E-state index contributed by atoms with van der Waals surface area (Å²) in [6.45, 7) is 3.81. The first kappa shape index (κ1) is 28.3. The van der Waals surface area contributed by atoms with Gasteiger partial charge >= 0.3 is 6.03 Å². The van der Waals surface area contributed by atoms with Crippen molar-refractivity contribution in [2.45, 2.75) is 43.9 Å². The van der Waals surface area contributed by atoms with Crippen molar-refractivity contribution in [3.63, 3.8) is 0 Å². The Bertz CT molecular complexity index is 1290. The number of nitrogens with one attached hydrogen (secondary N) is 2. The number of aliphatic hydroxyl groups is 2. The van der Waals surface area contributed by atoms with Crippen LogP contribution >= 0.6 is 0 Å². The van der Waals surface area contributed by atoms with Crippen LogP contribution in [-0.2, 0) is 19.2 Å². The van der Waals surface area contributed by atoms with Crippen molar-refractivity contribution in [3.05, 3.63) is 23.3 Å². The van der Waals surface area contributed by atoms with E-state index in [-0.39, 0.29) is 16.8 Å². The Labute approximate surface area is 223 Å². The van der Waals surface area contributed by atoms with Gasteiger partial charge in [0.05, 0.1) is 35.2 Å². The Morgan fingerprint density at radius 1 is 1.13 bits per heavy atom. The molecule has 3 aliphatic carbocycles. The van der Waals surface area contributed by atoms with Crippen molar-refractivity contribution in [2.75, 3.05) is 26.0 Å². The third-order valence-corrected chi connectivity index (χ3v) is 8.27. The van der Waals surface area contributed by atoms with E-state index >= 15 is 0 Å². The molecular formula is C26H32N4O9. The summed E-state index contributed by atoms with van der Waals surface area (Å²) in [5, 5.41) is 39.2. The molecule has 0 heterocycles. The number of primary amides is 1. The molecule has 210 valence electrons. The summed E-state index contributed by atoms with van der Waals surface area (Å²) in [5.74, 6) is -14.2. The molecule has 0 bridgehead atoms. The average molecular weight is 545 g/mol. The topological polar surface area (TPSA) is 216 Å². The fourth-order valence-corrected chi connectivity index (χ4v) is 6.50. The molecule has 0 aliphatic heterocycles. The van der Waals surface area contributed by atoms with Crippen molar-refractivity contribution in [1.29, 1.82) is 0 Å². The van der Waals surface area contributed by atoms with E-state index in [0.29, 0.717) is 13.0 Å². The third kappa shape index (κ3) is 3.95. The molecule has 0 radical (unpaired) electrons. The second kappa shape index (κ2) is 9.81. The number of carbonyl (C=O) groups is 6. The molecule has 0 saturated heterocycles. The Balaban J connectivity index is 1.85. The van der Waals surface area contributed by atoms with Gasteiger partial charge in [-0.25, -0.2) is 4.79 Å². The van der Waals surface area contributed by atoms with Crippen molar-refractivity contribution in [3.8, 4) is 5.75 Å². The molecule has 39 heavy (non-hydrogen) atoms. The molecule has 7 N–H and O–H groups in total. The normalized spacial score (nSPS) is 33.8. The zero-order valence-electron chi connectivity index (χ0n) is 21.9. The SMILES string of the molecule is CCCNC(=O)Nc1ccc2c(c1O)C(=O)C1C(=O)[C@]3(O)C(=O)C(C(N)=O)C(=O)C(N(C)C)[C@@H]3[C@@H](O)[C@@H]1[C@H]2C. The predicted octanol–water partition coefficient (Wildman–Crippen LogP) is -1.07. The highest BCUT2D eigenvalue weighted by Gasteiger charge is 2.72. The summed E-state index contributed by atoms with van der Waals surface area (Å²) in [7, 11) is 2.85. The zero-order valence-corrected chi connectivity index (χ0v) is 21.9. The van der Waals surface area contributed by atoms with Gasteiger partial charge in [-0.1, -0.05) is 19.9 Å². The van der Waals surface area contributed by atoms with E-state index in [4.69, 9.17) is 5.73 Å². The van der Waals surface area contributed by atoms with E-state index < -0.39 is 88.2 Å². The highest BCUT2D eigenvalue weighted by molar-refractivity contribution is 6.32. The zero-order chi connectivity index (χ0) is 29.1. The summed E-state index contributed by atoms with van der Waals surface area (Å²) in [6.07, 6.45) is -1.05. The molecule has 3 unspecified atom stereocenters. The fraction of sp³-hybridized carbons (Fsp3) is 0.538. The lowest BCUT2D eigenvalue weighted by molar-refractivity contribution is -0.196. The van der Waals surface area contributed by atoms with Crippen molar-refractivity contribution >= 4 is 40.8 Å². The maximum absolute atomic E-state index is 13.9. The number of fused-ring (bicyclic) bond motifs is 3. The van der Waals surface area contributed by atoms with Gasteiger partial charge in [-0.15, -0.1) is 0 Å². The number of nitrogens with zero attached hydrogens (tertiary/aromatic N) is 1. The van der Waals surface area contributed by atoms with Crippen molar-refractivity contribution in [2.24, 2.45) is 29.4 Å². The quantitative estimate of drug-likeness (QED) is 0.195. The number of benzene rings is 1. The minimum absolute atomic E-state index is 0.109. The highest BCUT2D eigenvalue weighted by atomic mass is 16.3. The van der Waals surface area contributed by atoms with Gasteiger partial charge in [-0.2, -0.15) is 0 Å². The van der Waals surface area contributed by atoms with Gasteiger partial charge in [0.25, 0.3) is 0 Å². The van der Waals surface area contributed by atoms with Crippen LogP contribution in [0, 0.1) is 23.7 Å². The predicted molar refractivity (Wildman–Crippen MR) is 135 cm³/mol. The number of phenolic OH excluding ortho intramolecular Hbond substituents is 1. The van der Waals surface area contributed by atoms with Gasteiger partial charge in [-0.3, -0.25) is 28.9 Å². The molecule has 0 aromatic heterocycles. The number of hydrogen-bond acceptors (Lipinski definition) is 10. The van der Waals surface area contributed by atoms with Crippen LogP contribution < -0.4 is 16.4 Å². The van der Waals surface area contributed by atoms with Crippen LogP contribution in [0.3, 0.4) is 0 Å². The summed E-state index contributed by atoms with van der Waals surface area (Å²) in [5.41, 5.74) is 2.10. The minimum atomic E-state index is -3.07. The van der Waals surface area contributed by atoms with Gasteiger partial charge in [-0.05, 0) is 38.1 Å². The van der Waals surface area contributed by atoms with Crippen molar-refractivity contribution < 1.29 is 44.1 Å². The van der Waals surface area contributed by atoms with Gasteiger partial charge < -0.3 is 31.7 Å². The molecule has 0 spiro atoms. The standard InChI is InChI=1S/C26H32N4O9/c1-5-8-28-25(38)29-11-7-6-10-9(2)12-14(19(32)13(10)18(11)31)22(35)26(39)16(20(12)33)17(30(3)4)21(34)15(23(26)36)24(27)37/h6-7,9,12,14-17,20,31,33,39H,5,8H2,1-4H3,(H2,27,37)(H2,28,29,38)/t9-,12+,14?,15?,16+,17?,20-,26-/m0/s1. The number of ketones is 4. The number of aliphatic hydroxyl groups excluding tert-OH is 1. The first-order valence-electron chi connectivity index (χ1n) is 12.6. The van der Waals surface area contributed by atoms with Crippen molar-refractivity contribution in [1.82, 2.24) is 10.2 Å². The van der Waals surface area contributed by atoms with Gasteiger partial charge in [0, 0.05) is 12.5 Å². The second-order valence-electron chi connectivity index (χ2n) is 10.7. The molecular weight excluding hydrogens is 512 g/mol. The fourth-order valence-electron chi connectivity index (χ4n) is 6.50. The molecule has 8 atom stereocenters. The Morgan fingerprint density at radius 3 is 2.33 bits per heavy atom. The largest absolute Gasteiger partial charge is 0.505 e. The van der Waals surface area contributed by atoms with Gasteiger partial charge in [0.15, 0.2) is 34.7 Å². The number of hydrogen-bond donors (Lipinski definition) is 6. The maximum atomic E-state index is 13.9. The number of Topliss-reactive ketones (excluding diaryl/α,β-unsaturated/α-hetero) is 4. The minimum Gasteiger partial charge on any atom is -0.505 e. The number of carbonyl (C=O) groups excluding carboxylic acids is 6. The number of amides is 3. The van der Waals surface area contributed by atoms with Crippen LogP contribution in [0.5, 0.6) is 5.75 Å². The molecule has 13 heteroatoms. The van der Waals surface area contributed by atoms with E-state index in [1.54, 1.807) is 6.92 Å². The molecule has 3 aliphatic rings. The number of likely N-dealkylation sites (N-methyl/N-ethyl adjacent to an activating group) is 1. The van der Waals surface area contributed by atoms with Gasteiger partial charge in [0.1, 0.15) is 5.75 Å². The van der Waals surface area contributed by atoms with E-state index in [1.807, 2.05) is 6.92 Å². The number of rotatable bonds is 5. The number of phenols is 1. The van der Waals surface area contributed by atoms with Crippen LogP contribution in [0.1, 0.15) is 42.1 Å². The lowest BCUT2D eigenvalue weighted by Gasteiger charge is -2.56. The van der Waals surface area contributed by atoms with E-state index in [0.717, 1.165) is 0 Å². The summed E-state index contributed by atoms with van der Waals surface area (Å²) in [6, 6.07) is 0.790. The molecule has 13 nitrogen and oxygen atoms in total. The Hall–Kier alpha value is -3.68. The average Bonchev–Trinajstić information content (AvgIpc) is 2.85. The summed E-state index contributed by atoms with van der Waals surface area (Å²) >= 11 is 0.